The van der Waals surface area contributed by atoms with Crippen LogP contribution >= 0.6 is 0 Å². The van der Waals surface area contributed by atoms with Gasteiger partial charge in [0.15, 0.2) is 0 Å². The van der Waals surface area contributed by atoms with Crippen LogP contribution < -0.4 is 5.43 Å². The lowest BCUT2D eigenvalue weighted by Gasteiger charge is -2.18. The summed E-state index contributed by atoms with van der Waals surface area (Å²) in [4.78, 5) is 11.2. The zero-order valence-electron chi connectivity index (χ0n) is 10.3. The Morgan fingerprint density at radius 2 is 2.06 bits per heavy atom. The van der Waals surface area contributed by atoms with E-state index < -0.39 is 23.3 Å². The highest BCUT2D eigenvalue weighted by atomic mass is 19.1. The van der Waals surface area contributed by atoms with E-state index in [9.17, 15) is 13.6 Å². The number of carbonyl (C=O) groups excluding carboxylic acids is 1. The van der Waals surface area contributed by atoms with E-state index in [-0.39, 0.29) is 5.56 Å². The van der Waals surface area contributed by atoms with Gasteiger partial charge in [0.1, 0.15) is 17.2 Å². The predicted octanol–water partition coefficient (Wildman–Crippen LogP) is 2.82. The van der Waals surface area contributed by atoms with Gasteiger partial charge in [-0.15, -0.1) is 0 Å². The van der Waals surface area contributed by atoms with Crippen LogP contribution in [0.1, 0.15) is 26.3 Å². The van der Waals surface area contributed by atoms with Crippen LogP contribution in [0.25, 0.3) is 0 Å². The summed E-state index contributed by atoms with van der Waals surface area (Å²) in [5.41, 5.74) is 1.34. The average molecular weight is 256 g/mol. The number of benzene rings is 1. The van der Waals surface area contributed by atoms with Gasteiger partial charge in [-0.2, -0.15) is 5.10 Å². The second kappa shape index (κ2) is 5.57. The van der Waals surface area contributed by atoms with Crippen LogP contribution in [-0.4, -0.2) is 17.9 Å². The van der Waals surface area contributed by atoms with Crippen molar-refractivity contribution in [2.24, 2.45) is 5.10 Å². The van der Waals surface area contributed by atoms with Crippen molar-refractivity contribution in [3.63, 3.8) is 0 Å². The lowest BCUT2D eigenvalue weighted by molar-refractivity contribution is 0.0529. The molecular formula is C12H14F2N2O2. The average Bonchev–Trinajstić information content (AvgIpc) is 2.20. The minimum absolute atomic E-state index is 0.0638. The monoisotopic (exact) mass is 256 g/mol. The Labute approximate surface area is 104 Å². The fourth-order valence-corrected chi connectivity index (χ4v) is 1.07. The number of ether oxygens (including phenoxy) is 1. The maximum absolute atomic E-state index is 13.2. The third-order valence-electron chi connectivity index (χ3n) is 1.72. The number of nitrogens with one attached hydrogen (secondary N) is 1. The first-order valence-corrected chi connectivity index (χ1v) is 5.25. The molecule has 0 atom stereocenters. The molecular weight excluding hydrogens is 242 g/mol. The number of nitrogens with zero attached hydrogens (tertiary/aromatic N) is 1. The molecule has 98 valence electrons. The Kier molecular flexibility index (Phi) is 4.36. The molecule has 0 radical (unpaired) electrons. The van der Waals surface area contributed by atoms with Crippen molar-refractivity contribution >= 4 is 12.3 Å². The third-order valence-corrected chi connectivity index (χ3v) is 1.72. The lowest BCUT2D eigenvalue weighted by atomic mass is 10.2. The first-order chi connectivity index (χ1) is 8.28. The molecule has 0 heterocycles. The Balaban J connectivity index is 2.60. The Morgan fingerprint density at radius 3 is 2.67 bits per heavy atom. The van der Waals surface area contributed by atoms with Crippen LogP contribution in [0, 0.1) is 11.6 Å². The van der Waals surface area contributed by atoms with Gasteiger partial charge in [0, 0.05) is 5.56 Å². The van der Waals surface area contributed by atoms with E-state index in [2.05, 4.69) is 10.5 Å². The fourth-order valence-electron chi connectivity index (χ4n) is 1.07. The molecule has 1 rings (SSSR count). The fraction of sp³-hybridized carbons (Fsp3) is 0.333. The van der Waals surface area contributed by atoms with Crippen LogP contribution in [0.15, 0.2) is 23.3 Å². The second-order valence-corrected chi connectivity index (χ2v) is 4.54. The minimum Gasteiger partial charge on any atom is -0.443 e. The number of carbonyl (C=O) groups is 1. The number of rotatable bonds is 2. The van der Waals surface area contributed by atoms with Crippen molar-refractivity contribution in [3.05, 3.63) is 35.4 Å². The van der Waals surface area contributed by atoms with E-state index in [1.54, 1.807) is 20.8 Å². The molecule has 0 aromatic heterocycles. The standard InChI is InChI=1S/C12H14F2N2O2/c1-12(2,3)18-11(17)16-15-7-8-6-9(13)4-5-10(8)14/h4-7H,1-3H3,(H,16,17). The van der Waals surface area contributed by atoms with Gasteiger partial charge in [0.25, 0.3) is 0 Å². The highest BCUT2D eigenvalue weighted by Crippen LogP contribution is 2.08. The number of hydrazone groups is 1. The molecule has 0 aliphatic carbocycles. The Bertz CT molecular complexity index is 468. The summed E-state index contributed by atoms with van der Waals surface area (Å²) in [7, 11) is 0. The van der Waals surface area contributed by atoms with Crippen molar-refractivity contribution in [2.75, 3.05) is 0 Å². The van der Waals surface area contributed by atoms with E-state index in [4.69, 9.17) is 4.74 Å². The van der Waals surface area contributed by atoms with Gasteiger partial charge in [-0.25, -0.2) is 19.0 Å². The van der Waals surface area contributed by atoms with Gasteiger partial charge in [-0.1, -0.05) is 0 Å². The van der Waals surface area contributed by atoms with Crippen LogP contribution in [0.3, 0.4) is 0 Å². The molecule has 0 aliphatic heterocycles. The van der Waals surface area contributed by atoms with Crippen molar-refractivity contribution in [1.29, 1.82) is 0 Å². The highest BCUT2D eigenvalue weighted by molar-refractivity contribution is 5.81. The first-order valence-electron chi connectivity index (χ1n) is 5.25. The maximum atomic E-state index is 13.2. The van der Waals surface area contributed by atoms with Crippen molar-refractivity contribution in [2.45, 2.75) is 26.4 Å². The SMILES string of the molecule is CC(C)(C)OC(=O)NN=Cc1cc(F)ccc1F. The molecule has 1 N–H and O–H groups in total. The molecule has 0 saturated carbocycles. The molecule has 0 aliphatic rings. The van der Waals surface area contributed by atoms with Gasteiger partial charge < -0.3 is 4.74 Å². The van der Waals surface area contributed by atoms with Gasteiger partial charge in [-0.05, 0) is 39.0 Å². The Morgan fingerprint density at radius 1 is 1.39 bits per heavy atom. The van der Waals surface area contributed by atoms with Crippen LogP contribution in [0.5, 0.6) is 0 Å². The highest BCUT2D eigenvalue weighted by Gasteiger charge is 2.15. The molecule has 0 saturated heterocycles. The molecule has 4 nitrogen and oxygen atoms in total. The molecule has 1 amide bonds. The summed E-state index contributed by atoms with van der Waals surface area (Å²) in [6.45, 7) is 5.09. The molecule has 0 bridgehead atoms. The van der Waals surface area contributed by atoms with Gasteiger partial charge in [0.2, 0.25) is 0 Å². The summed E-state index contributed by atoms with van der Waals surface area (Å²) in [5, 5.41) is 3.47. The van der Waals surface area contributed by atoms with Gasteiger partial charge >= 0.3 is 6.09 Å². The van der Waals surface area contributed by atoms with Crippen LogP contribution in [0.4, 0.5) is 13.6 Å². The quantitative estimate of drug-likeness (QED) is 0.653. The van der Waals surface area contributed by atoms with E-state index in [0.29, 0.717) is 0 Å². The predicted molar refractivity (Wildman–Crippen MR) is 63.3 cm³/mol. The van der Waals surface area contributed by atoms with Gasteiger partial charge in [-0.3, -0.25) is 0 Å². The summed E-state index contributed by atoms with van der Waals surface area (Å²) >= 11 is 0. The largest absolute Gasteiger partial charge is 0.443 e. The van der Waals surface area contributed by atoms with Crippen molar-refractivity contribution in [1.82, 2.24) is 5.43 Å². The van der Waals surface area contributed by atoms with E-state index in [1.165, 1.54) is 0 Å². The van der Waals surface area contributed by atoms with Gasteiger partial charge in [0.05, 0.1) is 6.21 Å². The van der Waals surface area contributed by atoms with Crippen molar-refractivity contribution < 1.29 is 18.3 Å². The summed E-state index contributed by atoms with van der Waals surface area (Å²) in [6.07, 6.45) is 0.234. The normalized spacial score (nSPS) is 11.6. The maximum Gasteiger partial charge on any atom is 0.428 e. The minimum atomic E-state index is -0.768. The van der Waals surface area contributed by atoms with Crippen LogP contribution in [0.2, 0.25) is 0 Å². The second-order valence-electron chi connectivity index (χ2n) is 4.54. The summed E-state index contributed by atoms with van der Waals surface area (Å²) < 4.78 is 30.9. The molecule has 0 fully saturated rings. The zero-order chi connectivity index (χ0) is 13.8. The van der Waals surface area contributed by atoms with Crippen molar-refractivity contribution in [3.8, 4) is 0 Å². The number of hydrogen-bond donors (Lipinski definition) is 1. The lowest BCUT2D eigenvalue weighted by Crippen LogP contribution is -2.29. The molecule has 0 spiro atoms. The summed E-state index contributed by atoms with van der Waals surface area (Å²) in [5.74, 6) is -1.22. The smallest absolute Gasteiger partial charge is 0.428 e. The van der Waals surface area contributed by atoms with Crippen LogP contribution in [-0.2, 0) is 4.74 Å². The number of amides is 1. The number of hydrogen-bond acceptors (Lipinski definition) is 3. The van der Waals surface area contributed by atoms with E-state index in [0.717, 1.165) is 24.4 Å². The Hall–Kier alpha value is -1.98. The number of halogens is 2. The zero-order valence-corrected chi connectivity index (χ0v) is 10.3. The molecule has 18 heavy (non-hydrogen) atoms. The summed E-state index contributed by atoms with van der Waals surface area (Å²) in [6, 6.07) is 2.94. The third kappa shape index (κ3) is 4.90. The molecule has 6 heteroatoms. The molecule has 1 aromatic rings. The van der Waals surface area contributed by atoms with E-state index in [1.807, 2.05) is 0 Å². The molecule has 1 aromatic carbocycles. The first kappa shape index (κ1) is 14.1. The molecule has 0 unspecified atom stereocenters. The topological polar surface area (TPSA) is 50.7 Å². The van der Waals surface area contributed by atoms with E-state index >= 15 is 0 Å².